The van der Waals surface area contributed by atoms with Crippen LogP contribution in [0, 0.1) is 11.3 Å². The summed E-state index contributed by atoms with van der Waals surface area (Å²) in [6.45, 7) is 1.12. The number of hydrogen-bond donors (Lipinski definition) is 1. The Labute approximate surface area is 93.5 Å². The zero-order chi connectivity index (χ0) is 10.8. The Morgan fingerprint density at radius 1 is 1.53 bits per heavy atom. The van der Waals surface area contributed by atoms with Crippen molar-refractivity contribution in [2.75, 3.05) is 13.1 Å². The van der Waals surface area contributed by atoms with Gasteiger partial charge in [0.25, 0.3) is 0 Å². The molecule has 0 saturated carbocycles. The molecule has 1 heterocycles. The van der Waals surface area contributed by atoms with Crippen LogP contribution in [0.2, 0.25) is 5.02 Å². The van der Waals surface area contributed by atoms with E-state index in [0.717, 1.165) is 5.56 Å². The second-order valence-electron chi connectivity index (χ2n) is 3.69. The molecule has 78 valence electrons. The lowest BCUT2D eigenvalue weighted by atomic mass is 10.0. The molecule has 1 aromatic carbocycles. The largest absolute Gasteiger partial charge is 0.390 e. The van der Waals surface area contributed by atoms with Gasteiger partial charge in [-0.05, 0) is 17.7 Å². The molecule has 1 atom stereocenters. The van der Waals surface area contributed by atoms with Gasteiger partial charge < -0.3 is 5.11 Å². The Morgan fingerprint density at radius 2 is 2.27 bits per heavy atom. The van der Waals surface area contributed by atoms with E-state index in [1.54, 1.807) is 12.1 Å². The van der Waals surface area contributed by atoms with E-state index >= 15 is 0 Å². The number of β-amino-alcohol motifs (C(OH)–C–C–N with tert-alkyl or cyclic N) is 1. The first-order valence-corrected chi connectivity index (χ1v) is 5.15. The predicted octanol–water partition coefficient (Wildman–Crippen LogP) is 1.58. The molecule has 1 aliphatic heterocycles. The normalized spacial score (nSPS) is 19.3. The molecule has 3 nitrogen and oxygen atoms in total. The van der Waals surface area contributed by atoms with Gasteiger partial charge >= 0.3 is 0 Å². The first-order chi connectivity index (χ1) is 7.20. The Kier molecular flexibility index (Phi) is 2.92. The van der Waals surface area contributed by atoms with Gasteiger partial charge in [-0.2, -0.15) is 5.26 Å². The van der Waals surface area contributed by atoms with E-state index in [4.69, 9.17) is 16.9 Å². The molecule has 0 amide bonds. The summed E-state index contributed by atoms with van der Waals surface area (Å²) in [5.74, 6) is 0. The van der Waals surface area contributed by atoms with Gasteiger partial charge in [0.05, 0.1) is 12.2 Å². The second-order valence-corrected chi connectivity index (χ2v) is 4.13. The van der Waals surface area contributed by atoms with Crippen LogP contribution in [0.4, 0.5) is 0 Å². The average Bonchev–Trinajstić information content (AvgIpc) is 2.16. The number of hydrogen-bond acceptors (Lipinski definition) is 3. The van der Waals surface area contributed by atoms with Crippen LogP contribution in [0.5, 0.6) is 0 Å². The van der Waals surface area contributed by atoms with Crippen molar-refractivity contribution in [3.8, 4) is 6.07 Å². The maximum Gasteiger partial charge on any atom is 0.124 e. The highest BCUT2D eigenvalue weighted by molar-refractivity contribution is 6.30. The summed E-state index contributed by atoms with van der Waals surface area (Å²) in [7, 11) is 0. The fourth-order valence-electron chi connectivity index (χ4n) is 1.74. The summed E-state index contributed by atoms with van der Waals surface area (Å²) >= 11 is 5.86. The number of rotatable bonds is 2. The number of benzene rings is 1. The molecular weight excluding hydrogens is 212 g/mol. The molecular formula is C11H11ClN2O. The van der Waals surface area contributed by atoms with E-state index in [-0.39, 0.29) is 12.1 Å². The molecule has 1 N–H and O–H groups in total. The van der Waals surface area contributed by atoms with E-state index in [0.29, 0.717) is 18.1 Å². The van der Waals surface area contributed by atoms with Crippen molar-refractivity contribution in [1.29, 1.82) is 5.26 Å². The van der Waals surface area contributed by atoms with Crippen molar-refractivity contribution in [2.45, 2.75) is 12.1 Å². The van der Waals surface area contributed by atoms with Crippen molar-refractivity contribution in [1.82, 2.24) is 4.90 Å². The minimum Gasteiger partial charge on any atom is -0.390 e. The summed E-state index contributed by atoms with van der Waals surface area (Å²) < 4.78 is 0. The lowest BCUT2D eigenvalue weighted by Crippen LogP contribution is -2.51. The quantitative estimate of drug-likeness (QED) is 0.827. The van der Waals surface area contributed by atoms with Crippen LogP contribution in [0.1, 0.15) is 11.6 Å². The lowest BCUT2D eigenvalue weighted by Gasteiger charge is -2.39. The van der Waals surface area contributed by atoms with Crippen LogP contribution in [0.25, 0.3) is 0 Å². The molecule has 1 aliphatic rings. The Morgan fingerprint density at radius 3 is 2.80 bits per heavy atom. The smallest absolute Gasteiger partial charge is 0.124 e. The monoisotopic (exact) mass is 222 g/mol. The molecule has 4 heteroatoms. The SMILES string of the molecule is N#CC(c1cccc(Cl)c1)N1CC(O)C1. The molecule has 15 heavy (non-hydrogen) atoms. The van der Waals surface area contributed by atoms with Gasteiger partial charge in [-0.3, -0.25) is 4.90 Å². The highest BCUT2D eigenvalue weighted by Crippen LogP contribution is 2.26. The molecule has 1 fully saturated rings. The van der Waals surface area contributed by atoms with Gasteiger partial charge in [0, 0.05) is 18.1 Å². The Bertz CT molecular complexity index is 396. The Hall–Kier alpha value is -1.08. The van der Waals surface area contributed by atoms with E-state index in [1.807, 2.05) is 17.0 Å². The van der Waals surface area contributed by atoms with Crippen LogP contribution in [-0.4, -0.2) is 29.2 Å². The van der Waals surface area contributed by atoms with E-state index < -0.39 is 0 Å². The predicted molar refractivity (Wildman–Crippen MR) is 57.4 cm³/mol. The first kappa shape index (κ1) is 10.4. The molecule has 0 radical (unpaired) electrons. The van der Waals surface area contributed by atoms with Gasteiger partial charge in [-0.15, -0.1) is 0 Å². The number of aliphatic hydroxyl groups is 1. The zero-order valence-electron chi connectivity index (χ0n) is 8.10. The number of aliphatic hydroxyl groups excluding tert-OH is 1. The summed E-state index contributed by atoms with van der Waals surface area (Å²) in [6, 6.07) is 9.21. The van der Waals surface area contributed by atoms with Gasteiger partial charge in [0.2, 0.25) is 0 Å². The second kappa shape index (κ2) is 4.19. The number of nitrogens with zero attached hydrogens (tertiary/aromatic N) is 2. The average molecular weight is 223 g/mol. The molecule has 1 unspecified atom stereocenters. The standard InChI is InChI=1S/C11H11ClN2O/c12-9-3-1-2-8(4-9)11(5-13)14-6-10(15)7-14/h1-4,10-11,15H,6-7H2. The molecule has 0 spiro atoms. The minimum absolute atomic E-state index is 0.292. The molecule has 0 bridgehead atoms. The maximum atomic E-state index is 9.19. The third-order valence-electron chi connectivity index (χ3n) is 2.54. The summed E-state index contributed by atoms with van der Waals surface area (Å²) in [6.07, 6.45) is -0.292. The molecule has 1 saturated heterocycles. The van der Waals surface area contributed by atoms with Crippen LogP contribution in [-0.2, 0) is 0 Å². The van der Waals surface area contributed by atoms with Crippen molar-refractivity contribution in [3.63, 3.8) is 0 Å². The van der Waals surface area contributed by atoms with Crippen molar-refractivity contribution < 1.29 is 5.11 Å². The molecule has 0 aromatic heterocycles. The van der Waals surface area contributed by atoms with Crippen LogP contribution < -0.4 is 0 Å². The van der Waals surface area contributed by atoms with E-state index in [1.165, 1.54) is 0 Å². The van der Waals surface area contributed by atoms with Crippen molar-refractivity contribution >= 4 is 11.6 Å². The van der Waals surface area contributed by atoms with Gasteiger partial charge in [-0.25, -0.2) is 0 Å². The third kappa shape index (κ3) is 2.13. The summed E-state index contributed by atoms with van der Waals surface area (Å²) in [5.41, 5.74) is 0.886. The van der Waals surface area contributed by atoms with Crippen LogP contribution in [0.3, 0.4) is 0 Å². The molecule has 2 rings (SSSR count). The summed E-state index contributed by atoms with van der Waals surface area (Å²) in [5, 5.41) is 18.9. The van der Waals surface area contributed by atoms with Crippen molar-refractivity contribution in [2.24, 2.45) is 0 Å². The third-order valence-corrected chi connectivity index (χ3v) is 2.78. The van der Waals surface area contributed by atoms with Gasteiger partial charge in [0.1, 0.15) is 6.04 Å². The summed E-state index contributed by atoms with van der Waals surface area (Å²) in [4.78, 5) is 1.93. The van der Waals surface area contributed by atoms with E-state index in [2.05, 4.69) is 6.07 Å². The first-order valence-electron chi connectivity index (χ1n) is 4.78. The molecule has 0 aliphatic carbocycles. The highest BCUT2D eigenvalue weighted by atomic mass is 35.5. The Balaban J connectivity index is 2.17. The fraction of sp³-hybridized carbons (Fsp3) is 0.364. The number of likely N-dealkylation sites (tertiary alicyclic amines) is 1. The molecule has 1 aromatic rings. The number of nitriles is 1. The zero-order valence-corrected chi connectivity index (χ0v) is 8.85. The number of halogens is 1. The van der Waals surface area contributed by atoms with Crippen LogP contribution in [0.15, 0.2) is 24.3 Å². The highest BCUT2D eigenvalue weighted by Gasteiger charge is 2.31. The van der Waals surface area contributed by atoms with Gasteiger partial charge in [-0.1, -0.05) is 23.7 Å². The fourth-order valence-corrected chi connectivity index (χ4v) is 1.94. The van der Waals surface area contributed by atoms with E-state index in [9.17, 15) is 5.11 Å². The van der Waals surface area contributed by atoms with Crippen LogP contribution >= 0.6 is 11.6 Å². The maximum absolute atomic E-state index is 9.19. The lowest BCUT2D eigenvalue weighted by molar-refractivity contribution is -0.0127. The topological polar surface area (TPSA) is 47.3 Å². The van der Waals surface area contributed by atoms with Gasteiger partial charge in [0.15, 0.2) is 0 Å². The minimum atomic E-state index is -0.299. The van der Waals surface area contributed by atoms with Crippen molar-refractivity contribution in [3.05, 3.63) is 34.9 Å².